The maximum atomic E-state index is 13.0. The lowest BCUT2D eigenvalue weighted by Crippen LogP contribution is -2.39. The van der Waals surface area contributed by atoms with E-state index in [0.717, 1.165) is 32.1 Å². The van der Waals surface area contributed by atoms with Crippen LogP contribution in [0.15, 0.2) is 18.2 Å². The van der Waals surface area contributed by atoms with E-state index in [4.69, 9.17) is 14.6 Å². The van der Waals surface area contributed by atoms with E-state index in [-0.39, 0.29) is 18.2 Å². The normalized spacial score (nSPS) is 14.8. The zero-order chi connectivity index (χ0) is 19.6. The summed E-state index contributed by atoms with van der Waals surface area (Å²) in [6.45, 7) is 6.49. The Hall–Kier alpha value is -2.24. The highest BCUT2D eigenvalue weighted by Crippen LogP contribution is 2.29. The predicted molar refractivity (Wildman–Crippen MR) is 104 cm³/mol. The van der Waals surface area contributed by atoms with Crippen LogP contribution in [0.1, 0.15) is 62.7 Å². The van der Waals surface area contributed by atoms with Gasteiger partial charge in [0.25, 0.3) is 5.91 Å². The quantitative estimate of drug-likeness (QED) is 0.624. The van der Waals surface area contributed by atoms with Gasteiger partial charge in [-0.3, -0.25) is 9.59 Å². The van der Waals surface area contributed by atoms with Crippen molar-refractivity contribution in [1.82, 2.24) is 4.90 Å². The summed E-state index contributed by atoms with van der Waals surface area (Å²) in [5, 5.41) is 8.94. The monoisotopic (exact) mass is 377 g/mol. The number of aliphatic carboxylic acids is 1. The Morgan fingerprint density at radius 1 is 1.11 bits per heavy atom. The van der Waals surface area contributed by atoms with E-state index in [1.165, 1.54) is 0 Å². The first-order chi connectivity index (χ1) is 13.0. The second-order valence-corrected chi connectivity index (χ2v) is 7.04. The number of piperidine rings is 1. The summed E-state index contributed by atoms with van der Waals surface area (Å²) in [5.74, 6) is 0.595. The van der Waals surface area contributed by atoms with E-state index >= 15 is 0 Å². The number of unbranched alkanes of at least 4 members (excludes halogenated alkanes) is 1. The topological polar surface area (TPSA) is 76.1 Å². The Morgan fingerprint density at radius 3 is 2.48 bits per heavy atom. The van der Waals surface area contributed by atoms with E-state index < -0.39 is 5.97 Å². The molecule has 1 aliphatic heterocycles. The van der Waals surface area contributed by atoms with Crippen molar-refractivity contribution in [1.29, 1.82) is 0 Å². The number of carbonyl (C=O) groups excluding carboxylic acids is 1. The molecule has 1 aromatic carbocycles. The van der Waals surface area contributed by atoms with Gasteiger partial charge in [0.05, 0.1) is 18.8 Å². The molecule has 0 atom stereocenters. The standard InChI is InChI=1S/C21H31NO5/c1-3-5-13-27-19-15-17(26-12-4-2)6-7-18(19)21(25)22-10-8-16(9-11-22)14-20(23)24/h6-7,15-16H,3-5,8-14H2,1-2H3,(H,23,24). The number of benzene rings is 1. The lowest BCUT2D eigenvalue weighted by molar-refractivity contribution is -0.138. The van der Waals surface area contributed by atoms with Crippen LogP contribution in [-0.2, 0) is 4.79 Å². The van der Waals surface area contributed by atoms with Gasteiger partial charge in [-0.25, -0.2) is 0 Å². The van der Waals surface area contributed by atoms with Crippen LogP contribution in [-0.4, -0.2) is 48.2 Å². The molecule has 0 bridgehead atoms. The molecule has 150 valence electrons. The van der Waals surface area contributed by atoms with Crippen LogP contribution < -0.4 is 9.47 Å². The molecule has 0 unspecified atom stereocenters. The van der Waals surface area contributed by atoms with Crippen molar-refractivity contribution in [3.8, 4) is 11.5 Å². The maximum Gasteiger partial charge on any atom is 0.303 e. The number of hydrogen-bond acceptors (Lipinski definition) is 4. The minimum Gasteiger partial charge on any atom is -0.493 e. The molecule has 0 saturated carbocycles. The summed E-state index contributed by atoms with van der Waals surface area (Å²) >= 11 is 0. The maximum absolute atomic E-state index is 13.0. The third-order valence-electron chi connectivity index (χ3n) is 4.78. The molecule has 0 aliphatic carbocycles. The number of rotatable bonds is 10. The van der Waals surface area contributed by atoms with E-state index in [2.05, 4.69) is 6.92 Å². The summed E-state index contributed by atoms with van der Waals surface area (Å²) in [6, 6.07) is 5.39. The summed E-state index contributed by atoms with van der Waals surface area (Å²) in [6.07, 6.45) is 4.49. The molecule has 1 aliphatic rings. The average Bonchev–Trinajstić information content (AvgIpc) is 2.66. The fourth-order valence-corrected chi connectivity index (χ4v) is 3.19. The Morgan fingerprint density at radius 2 is 1.85 bits per heavy atom. The molecule has 1 amide bonds. The number of nitrogens with zero attached hydrogens (tertiary/aromatic N) is 1. The lowest BCUT2D eigenvalue weighted by atomic mass is 9.93. The number of carbonyl (C=O) groups is 2. The van der Waals surface area contributed by atoms with Gasteiger partial charge < -0.3 is 19.5 Å². The van der Waals surface area contributed by atoms with Gasteiger partial charge in [-0.05, 0) is 43.7 Å². The Balaban J connectivity index is 2.07. The van der Waals surface area contributed by atoms with Crippen molar-refractivity contribution < 1.29 is 24.2 Å². The molecular formula is C21H31NO5. The summed E-state index contributed by atoms with van der Waals surface area (Å²) in [5.41, 5.74) is 0.548. The van der Waals surface area contributed by atoms with Crippen molar-refractivity contribution in [3.05, 3.63) is 23.8 Å². The van der Waals surface area contributed by atoms with Gasteiger partial charge in [-0.1, -0.05) is 20.3 Å². The largest absolute Gasteiger partial charge is 0.493 e. The Labute approximate surface area is 161 Å². The predicted octanol–water partition coefficient (Wildman–Crippen LogP) is 3.98. The van der Waals surface area contributed by atoms with Gasteiger partial charge >= 0.3 is 5.97 Å². The van der Waals surface area contributed by atoms with Gasteiger partial charge in [0.15, 0.2) is 0 Å². The first-order valence-corrected chi connectivity index (χ1v) is 9.95. The van der Waals surface area contributed by atoms with Gasteiger partial charge in [0, 0.05) is 25.6 Å². The second kappa shape index (κ2) is 10.8. The van der Waals surface area contributed by atoms with Crippen LogP contribution in [0, 0.1) is 5.92 Å². The smallest absolute Gasteiger partial charge is 0.303 e. The summed E-state index contributed by atoms with van der Waals surface area (Å²) in [7, 11) is 0. The van der Waals surface area contributed by atoms with Crippen molar-refractivity contribution >= 4 is 11.9 Å². The number of ether oxygens (including phenoxy) is 2. The van der Waals surface area contributed by atoms with E-state index in [9.17, 15) is 9.59 Å². The minimum absolute atomic E-state index is 0.0580. The van der Waals surface area contributed by atoms with E-state index in [1.54, 1.807) is 17.0 Å². The summed E-state index contributed by atoms with van der Waals surface area (Å²) < 4.78 is 11.6. The third kappa shape index (κ3) is 6.45. The van der Waals surface area contributed by atoms with Crippen molar-refractivity contribution in [2.45, 2.75) is 52.4 Å². The highest BCUT2D eigenvalue weighted by Gasteiger charge is 2.26. The highest BCUT2D eigenvalue weighted by molar-refractivity contribution is 5.97. The summed E-state index contributed by atoms with van der Waals surface area (Å²) in [4.78, 5) is 25.7. The first kappa shape index (κ1) is 21.1. The van der Waals surface area contributed by atoms with Crippen molar-refractivity contribution in [2.75, 3.05) is 26.3 Å². The minimum atomic E-state index is -0.769. The van der Waals surface area contributed by atoms with Crippen LogP contribution in [0.4, 0.5) is 0 Å². The van der Waals surface area contributed by atoms with Gasteiger partial charge in [-0.2, -0.15) is 0 Å². The van der Waals surface area contributed by atoms with Crippen LogP contribution in [0.3, 0.4) is 0 Å². The molecule has 6 nitrogen and oxygen atoms in total. The lowest BCUT2D eigenvalue weighted by Gasteiger charge is -2.31. The molecule has 1 aromatic rings. The SMILES string of the molecule is CCCCOc1cc(OCCC)ccc1C(=O)N1CCC(CC(=O)O)CC1. The molecule has 0 aromatic heterocycles. The van der Waals surface area contributed by atoms with E-state index in [1.807, 2.05) is 13.0 Å². The van der Waals surface area contributed by atoms with Gasteiger partial charge in [0.1, 0.15) is 11.5 Å². The van der Waals surface area contributed by atoms with Gasteiger partial charge in [0.2, 0.25) is 0 Å². The number of carboxylic acid groups (broad SMARTS) is 1. The molecule has 6 heteroatoms. The number of carboxylic acids is 1. The van der Waals surface area contributed by atoms with Gasteiger partial charge in [-0.15, -0.1) is 0 Å². The zero-order valence-corrected chi connectivity index (χ0v) is 16.4. The zero-order valence-electron chi connectivity index (χ0n) is 16.4. The highest BCUT2D eigenvalue weighted by atomic mass is 16.5. The fraction of sp³-hybridized carbons (Fsp3) is 0.619. The second-order valence-electron chi connectivity index (χ2n) is 7.04. The van der Waals surface area contributed by atoms with E-state index in [0.29, 0.717) is 43.4 Å². The number of hydrogen-bond donors (Lipinski definition) is 1. The average molecular weight is 377 g/mol. The van der Waals surface area contributed by atoms with Crippen molar-refractivity contribution in [3.63, 3.8) is 0 Å². The number of amides is 1. The molecule has 0 radical (unpaired) electrons. The van der Waals surface area contributed by atoms with Crippen molar-refractivity contribution in [2.24, 2.45) is 5.92 Å². The molecule has 1 saturated heterocycles. The van der Waals surface area contributed by atoms with Crippen LogP contribution in [0.5, 0.6) is 11.5 Å². The Bertz CT molecular complexity index is 623. The van der Waals surface area contributed by atoms with Crippen LogP contribution in [0.2, 0.25) is 0 Å². The van der Waals surface area contributed by atoms with Crippen LogP contribution >= 0.6 is 0 Å². The molecular weight excluding hydrogens is 346 g/mol. The molecule has 1 N–H and O–H groups in total. The fourth-order valence-electron chi connectivity index (χ4n) is 3.19. The molecule has 27 heavy (non-hydrogen) atoms. The number of likely N-dealkylation sites (tertiary alicyclic amines) is 1. The molecule has 1 heterocycles. The molecule has 2 rings (SSSR count). The molecule has 1 fully saturated rings. The van der Waals surface area contributed by atoms with Crippen LogP contribution in [0.25, 0.3) is 0 Å². The third-order valence-corrected chi connectivity index (χ3v) is 4.78. The molecule has 0 spiro atoms. The first-order valence-electron chi connectivity index (χ1n) is 9.95. The Kier molecular flexibility index (Phi) is 8.43.